The van der Waals surface area contributed by atoms with Gasteiger partial charge in [-0.3, -0.25) is 20.0 Å². The number of alkyl carbamates (subject to hydrolysis) is 1. The molecule has 0 saturated carbocycles. The zero-order valence-electron chi connectivity index (χ0n) is 34.3. The number of benzene rings is 3. The number of ether oxygens (including phenoxy) is 3. The third-order valence-corrected chi connectivity index (χ3v) is 9.10. The summed E-state index contributed by atoms with van der Waals surface area (Å²) in [5, 5.41) is 13.0. The smallest absolute Gasteiger partial charge is 0.407 e. The lowest BCUT2D eigenvalue weighted by atomic mass is 10.0. The maximum Gasteiger partial charge on any atom is 0.407 e. The molecule has 14 heteroatoms. The van der Waals surface area contributed by atoms with E-state index >= 15 is 0 Å². The van der Waals surface area contributed by atoms with E-state index in [0.29, 0.717) is 32.6 Å². The van der Waals surface area contributed by atoms with Gasteiger partial charge in [-0.25, -0.2) is 14.6 Å². The summed E-state index contributed by atoms with van der Waals surface area (Å²) < 4.78 is 17.3. The predicted molar refractivity (Wildman–Crippen MR) is 221 cm³/mol. The van der Waals surface area contributed by atoms with Gasteiger partial charge >= 0.3 is 12.1 Å². The fourth-order valence-corrected chi connectivity index (χ4v) is 6.47. The van der Waals surface area contributed by atoms with Crippen LogP contribution in [-0.2, 0) is 36.9 Å². The van der Waals surface area contributed by atoms with Crippen molar-refractivity contribution in [2.45, 2.75) is 97.9 Å². The van der Waals surface area contributed by atoms with Crippen LogP contribution in [0, 0.1) is 0 Å². The van der Waals surface area contributed by atoms with Crippen LogP contribution in [0.15, 0.2) is 79.0 Å². The standard InChI is InChI=1S/C43H59N7O7/c1-8-55-40(56-9-2)30(3)50(28-34-21-15-19-32-22-16-26-44-38(32)34)39(52)36(24-12-13-25-45-42(54)57-43(4,5)6)47-37(51)29-49(7)48-41(53)46-27-33-20-14-18-31-17-10-11-23-35(31)33/h10-11,14-23,26,30,36,40H,8-9,12-13,24-25,27-29H2,1-7H3,(H,45,54)(H,47,51)(H2,46,48,53)/t30-,36-/m0/s1. The number of hydrogen-bond donors (Lipinski definition) is 4. The number of amides is 5. The molecule has 308 valence electrons. The van der Waals surface area contributed by atoms with E-state index in [-0.39, 0.29) is 32.0 Å². The minimum atomic E-state index is -0.957. The summed E-state index contributed by atoms with van der Waals surface area (Å²) in [5.74, 6) is -0.806. The molecule has 1 heterocycles. The Hall–Kier alpha value is -5.31. The minimum absolute atomic E-state index is 0.176. The average Bonchev–Trinajstić information content (AvgIpc) is 3.17. The summed E-state index contributed by atoms with van der Waals surface area (Å²) in [6.45, 7) is 12.3. The normalized spacial score (nSPS) is 12.6. The number of likely N-dealkylation sites (N-methyl/N-ethyl adjacent to an activating group) is 1. The van der Waals surface area contributed by atoms with E-state index < -0.39 is 42.0 Å². The molecule has 0 unspecified atom stereocenters. The number of fused-ring (bicyclic) bond motifs is 2. The highest BCUT2D eigenvalue weighted by molar-refractivity contribution is 5.89. The van der Waals surface area contributed by atoms with E-state index in [4.69, 9.17) is 14.2 Å². The van der Waals surface area contributed by atoms with Crippen LogP contribution in [0.1, 0.15) is 71.9 Å². The van der Waals surface area contributed by atoms with Crippen molar-refractivity contribution in [3.05, 3.63) is 90.1 Å². The zero-order valence-corrected chi connectivity index (χ0v) is 34.3. The summed E-state index contributed by atoms with van der Waals surface area (Å²) in [4.78, 5) is 59.8. The van der Waals surface area contributed by atoms with Gasteiger partial charge in [0.15, 0.2) is 6.29 Å². The van der Waals surface area contributed by atoms with Gasteiger partial charge in [0.05, 0.1) is 18.1 Å². The molecule has 3 aromatic carbocycles. The number of urea groups is 1. The van der Waals surface area contributed by atoms with E-state index in [0.717, 1.165) is 32.8 Å². The van der Waals surface area contributed by atoms with E-state index in [1.807, 2.05) is 93.6 Å². The molecule has 4 aromatic rings. The van der Waals surface area contributed by atoms with Crippen LogP contribution in [0.3, 0.4) is 0 Å². The minimum Gasteiger partial charge on any atom is -0.444 e. The molecule has 4 rings (SSSR count). The second kappa shape index (κ2) is 21.8. The number of hydrogen-bond acceptors (Lipinski definition) is 9. The summed E-state index contributed by atoms with van der Waals surface area (Å²) in [7, 11) is 1.58. The first-order valence-corrected chi connectivity index (χ1v) is 19.6. The van der Waals surface area contributed by atoms with Gasteiger partial charge in [-0.2, -0.15) is 0 Å². The Kier molecular flexibility index (Phi) is 17.0. The number of para-hydroxylation sites is 1. The van der Waals surface area contributed by atoms with Gasteiger partial charge in [0.2, 0.25) is 11.8 Å². The second-order valence-corrected chi connectivity index (χ2v) is 14.8. The summed E-state index contributed by atoms with van der Waals surface area (Å²) in [6, 6.07) is 21.5. The zero-order chi connectivity index (χ0) is 41.4. The number of nitrogens with one attached hydrogen (secondary N) is 4. The topological polar surface area (TPSA) is 163 Å². The maximum atomic E-state index is 14.8. The van der Waals surface area contributed by atoms with Crippen LogP contribution < -0.4 is 21.4 Å². The Labute approximate surface area is 336 Å². The molecule has 57 heavy (non-hydrogen) atoms. The second-order valence-electron chi connectivity index (χ2n) is 14.8. The van der Waals surface area contributed by atoms with Crippen LogP contribution in [0.25, 0.3) is 21.7 Å². The first kappa shape index (κ1) is 44.4. The van der Waals surface area contributed by atoms with Crippen LogP contribution >= 0.6 is 0 Å². The predicted octanol–water partition coefficient (Wildman–Crippen LogP) is 6.03. The number of nitrogens with zero attached hydrogens (tertiary/aromatic N) is 3. The molecule has 4 N–H and O–H groups in total. The number of pyridine rings is 1. The van der Waals surface area contributed by atoms with Crippen molar-refractivity contribution in [1.29, 1.82) is 0 Å². The fourth-order valence-electron chi connectivity index (χ4n) is 6.47. The number of aromatic nitrogens is 1. The SMILES string of the molecule is CCOC(OCC)[C@H](C)N(Cc1cccc2cccnc12)C(=O)[C@H](CCCCNC(=O)OC(C)(C)C)NC(=O)CN(C)NC(=O)NCc1cccc2ccccc12. The van der Waals surface area contributed by atoms with Gasteiger partial charge in [0.1, 0.15) is 11.6 Å². The molecule has 2 atom stereocenters. The highest BCUT2D eigenvalue weighted by Crippen LogP contribution is 2.23. The van der Waals surface area contributed by atoms with Gasteiger partial charge in [-0.1, -0.05) is 66.7 Å². The lowest BCUT2D eigenvalue weighted by Gasteiger charge is -2.37. The number of unbranched alkanes of at least 4 members (excludes halogenated alkanes) is 1. The average molecular weight is 786 g/mol. The first-order valence-electron chi connectivity index (χ1n) is 19.6. The quantitative estimate of drug-likeness (QED) is 0.0476. The van der Waals surface area contributed by atoms with Crippen molar-refractivity contribution in [3.8, 4) is 0 Å². The molecule has 0 bridgehead atoms. The van der Waals surface area contributed by atoms with Crippen molar-refractivity contribution < 1.29 is 33.4 Å². The molecular formula is C43H59N7O7. The maximum absolute atomic E-state index is 14.8. The summed E-state index contributed by atoms with van der Waals surface area (Å²) >= 11 is 0. The van der Waals surface area contributed by atoms with Crippen molar-refractivity contribution >= 4 is 45.6 Å². The number of hydrazine groups is 1. The van der Waals surface area contributed by atoms with Crippen LogP contribution in [0.2, 0.25) is 0 Å². The molecule has 5 amide bonds. The summed E-state index contributed by atoms with van der Waals surface area (Å²) in [6.07, 6.45) is 1.75. The van der Waals surface area contributed by atoms with Gasteiger partial charge in [-0.05, 0) is 88.8 Å². The first-order chi connectivity index (χ1) is 27.3. The van der Waals surface area contributed by atoms with E-state index in [2.05, 4.69) is 26.4 Å². The molecule has 1 aromatic heterocycles. The molecular weight excluding hydrogens is 727 g/mol. The third kappa shape index (κ3) is 14.0. The van der Waals surface area contributed by atoms with Gasteiger partial charge < -0.3 is 35.1 Å². The van der Waals surface area contributed by atoms with Crippen molar-refractivity contribution in [2.75, 3.05) is 33.4 Å². The Bertz CT molecular complexity index is 1920. The fraction of sp³-hybridized carbons (Fsp3) is 0.465. The molecule has 0 saturated heterocycles. The Morgan fingerprint density at radius 3 is 2.21 bits per heavy atom. The van der Waals surface area contributed by atoms with Crippen molar-refractivity contribution in [1.82, 2.24) is 36.3 Å². The van der Waals surface area contributed by atoms with Gasteiger partial charge in [0, 0.05) is 51.5 Å². The summed E-state index contributed by atoms with van der Waals surface area (Å²) in [5.41, 5.74) is 4.60. The molecule has 14 nitrogen and oxygen atoms in total. The Morgan fingerprint density at radius 1 is 0.825 bits per heavy atom. The molecule has 0 fully saturated rings. The van der Waals surface area contributed by atoms with Crippen molar-refractivity contribution in [2.24, 2.45) is 0 Å². The van der Waals surface area contributed by atoms with Crippen LogP contribution in [-0.4, -0.2) is 96.2 Å². The lowest BCUT2D eigenvalue weighted by Crippen LogP contribution is -2.56. The number of carbonyl (C=O) groups is 4. The molecule has 0 aliphatic carbocycles. The van der Waals surface area contributed by atoms with E-state index in [9.17, 15) is 19.2 Å². The Morgan fingerprint density at radius 2 is 1.49 bits per heavy atom. The Balaban J connectivity index is 1.49. The van der Waals surface area contributed by atoms with Crippen LogP contribution in [0.4, 0.5) is 9.59 Å². The van der Waals surface area contributed by atoms with Gasteiger partial charge in [0.25, 0.3) is 0 Å². The molecule has 0 aliphatic heterocycles. The lowest BCUT2D eigenvalue weighted by molar-refractivity contribution is -0.179. The number of rotatable bonds is 20. The van der Waals surface area contributed by atoms with E-state index in [1.54, 1.807) is 38.9 Å². The van der Waals surface area contributed by atoms with Crippen LogP contribution in [0.5, 0.6) is 0 Å². The monoisotopic (exact) mass is 785 g/mol. The van der Waals surface area contributed by atoms with E-state index in [1.165, 1.54) is 5.01 Å². The molecule has 0 aliphatic rings. The highest BCUT2D eigenvalue weighted by Gasteiger charge is 2.34. The number of carbonyl (C=O) groups excluding carboxylic acids is 4. The third-order valence-electron chi connectivity index (χ3n) is 9.10. The largest absolute Gasteiger partial charge is 0.444 e. The highest BCUT2D eigenvalue weighted by atomic mass is 16.7. The molecule has 0 radical (unpaired) electrons. The molecule has 0 spiro atoms. The van der Waals surface area contributed by atoms with Crippen molar-refractivity contribution in [3.63, 3.8) is 0 Å². The van der Waals surface area contributed by atoms with Gasteiger partial charge in [-0.15, -0.1) is 0 Å².